The monoisotopic (exact) mass is 578 g/mol. The summed E-state index contributed by atoms with van der Waals surface area (Å²) in [4.78, 5) is 31.7. The smallest absolute Gasteiger partial charge is 0.338 e. The highest BCUT2D eigenvalue weighted by molar-refractivity contribution is 7.07. The van der Waals surface area contributed by atoms with E-state index in [4.69, 9.17) is 25.8 Å². The lowest BCUT2D eigenvalue weighted by atomic mass is 9.95. The molecule has 1 aromatic heterocycles. The molecule has 40 heavy (non-hydrogen) atoms. The highest BCUT2D eigenvalue weighted by Gasteiger charge is 2.35. The Balaban J connectivity index is 1.54. The van der Waals surface area contributed by atoms with E-state index in [2.05, 4.69) is 4.99 Å². The van der Waals surface area contributed by atoms with Crippen LogP contribution in [0.2, 0.25) is 5.02 Å². The molecule has 0 radical (unpaired) electrons. The Morgan fingerprint density at radius 3 is 2.58 bits per heavy atom. The van der Waals surface area contributed by atoms with Gasteiger partial charge in [-0.05, 0) is 55.0 Å². The number of carbonyl (C=O) groups is 1. The van der Waals surface area contributed by atoms with Crippen molar-refractivity contribution in [2.45, 2.75) is 19.6 Å². The predicted molar refractivity (Wildman–Crippen MR) is 151 cm³/mol. The van der Waals surface area contributed by atoms with Gasteiger partial charge in [0, 0.05) is 16.1 Å². The normalized spacial score (nSPS) is 14.9. The van der Waals surface area contributed by atoms with Crippen LogP contribution in [0.3, 0.4) is 0 Å². The van der Waals surface area contributed by atoms with E-state index in [1.54, 1.807) is 73.7 Å². The number of rotatable bonds is 7. The number of carbonyl (C=O) groups excluding carboxylic acids is 1. The molecule has 0 amide bonds. The van der Waals surface area contributed by atoms with Crippen LogP contribution in [0.1, 0.15) is 29.7 Å². The Bertz CT molecular complexity index is 1810. The van der Waals surface area contributed by atoms with Crippen molar-refractivity contribution >= 4 is 35.0 Å². The van der Waals surface area contributed by atoms with Gasteiger partial charge in [-0.3, -0.25) is 9.36 Å². The zero-order valence-electron chi connectivity index (χ0n) is 21.8. The molecule has 0 saturated carbocycles. The molecule has 2 heterocycles. The van der Waals surface area contributed by atoms with Crippen molar-refractivity contribution in [1.82, 2.24) is 4.57 Å². The molecule has 1 atom stereocenters. The summed E-state index contributed by atoms with van der Waals surface area (Å²) in [5.41, 5.74) is 2.07. The molecule has 4 aromatic rings. The molecular formula is C30H24ClFN2O5S. The van der Waals surface area contributed by atoms with E-state index in [-0.39, 0.29) is 23.6 Å². The van der Waals surface area contributed by atoms with Crippen LogP contribution in [0.25, 0.3) is 6.08 Å². The van der Waals surface area contributed by atoms with Gasteiger partial charge < -0.3 is 14.2 Å². The number of methoxy groups -OCH3 is 2. The van der Waals surface area contributed by atoms with Gasteiger partial charge in [-0.15, -0.1) is 0 Å². The molecule has 0 spiro atoms. The third kappa shape index (κ3) is 5.30. The number of hydrogen-bond donors (Lipinski definition) is 0. The Hall–Kier alpha value is -4.21. The van der Waals surface area contributed by atoms with Gasteiger partial charge in [0.2, 0.25) is 0 Å². The number of thiazole rings is 1. The molecule has 10 heteroatoms. The highest BCUT2D eigenvalue weighted by Crippen LogP contribution is 2.37. The number of aromatic nitrogens is 1. The summed E-state index contributed by atoms with van der Waals surface area (Å²) < 4.78 is 32.1. The average Bonchev–Trinajstić information content (AvgIpc) is 3.26. The van der Waals surface area contributed by atoms with Gasteiger partial charge in [-0.1, -0.05) is 53.3 Å². The van der Waals surface area contributed by atoms with Crippen LogP contribution in [0.5, 0.6) is 11.5 Å². The van der Waals surface area contributed by atoms with Crippen LogP contribution >= 0.6 is 22.9 Å². The minimum atomic E-state index is -0.853. The third-order valence-electron chi connectivity index (χ3n) is 6.44. The first-order chi connectivity index (χ1) is 19.3. The number of benzene rings is 3. The second kappa shape index (κ2) is 11.5. The molecule has 3 aromatic carbocycles. The summed E-state index contributed by atoms with van der Waals surface area (Å²) in [6.07, 6.45) is 1.74. The van der Waals surface area contributed by atoms with E-state index in [1.807, 2.05) is 0 Å². The SMILES string of the molecule is COC(=O)C1=C(C)N=c2s/c(=C\c3ccc(OCc4ccccc4F)cc3)c(=O)n2[C@H]1c1cc(Cl)ccc1OC. The number of fused-ring (bicyclic) bond motifs is 1. The van der Waals surface area contributed by atoms with E-state index < -0.39 is 12.0 Å². The van der Waals surface area contributed by atoms with Crippen molar-refractivity contribution in [3.63, 3.8) is 0 Å². The molecule has 0 unspecified atom stereocenters. The maximum Gasteiger partial charge on any atom is 0.338 e. The summed E-state index contributed by atoms with van der Waals surface area (Å²) in [7, 11) is 2.79. The van der Waals surface area contributed by atoms with Crippen molar-refractivity contribution in [1.29, 1.82) is 0 Å². The van der Waals surface area contributed by atoms with Crippen LogP contribution in [-0.4, -0.2) is 24.8 Å². The summed E-state index contributed by atoms with van der Waals surface area (Å²) in [5, 5.41) is 0.425. The quantitative estimate of drug-likeness (QED) is 0.295. The fourth-order valence-corrected chi connectivity index (χ4v) is 5.72. The van der Waals surface area contributed by atoms with Crippen LogP contribution in [0.15, 0.2) is 87.8 Å². The standard InChI is InChI=1S/C30H24ClFN2O5S/c1-17-26(29(36)38-3)27(22-15-20(31)10-13-24(22)37-2)34-28(35)25(40-30(34)33-17)14-18-8-11-21(12-9-18)39-16-19-6-4-5-7-23(19)32/h4-15,27H,16H2,1-3H3/b25-14-/t27-/m0/s1. The molecule has 1 aliphatic rings. The van der Waals surface area contributed by atoms with Crippen molar-refractivity contribution in [3.8, 4) is 11.5 Å². The molecule has 0 bridgehead atoms. The van der Waals surface area contributed by atoms with Gasteiger partial charge in [0.05, 0.1) is 30.0 Å². The van der Waals surface area contributed by atoms with Crippen molar-refractivity contribution < 1.29 is 23.4 Å². The number of nitrogens with zero attached hydrogens (tertiary/aromatic N) is 2. The average molecular weight is 579 g/mol. The van der Waals surface area contributed by atoms with Crippen molar-refractivity contribution in [2.24, 2.45) is 4.99 Å². The van der Waals surface area contributed by atoms with E-state index in [0.29, 0.717) is 42.7 Å². The van der Waals surface area contributed by atoms with E-state index in [1.165, 1.54) is 36.2 Å². The molecule has 0 aliphatic carbocycles. The number of allylic oxidation sites excluding steroid dienone is 1. The van der Waals surface area contributed by atoms with Crippen LogP contribution in [-0.2, 0) is 16.1 Å². The van der Waals surface area contributed by atoms with Crippen LogP contribution in [0, 0.1) is 5.82 Å². The number of hydrogen-bond acceptors (Lipinski definition) is 7. The first-order valence-corrected chi connectivity index (χ1v) is 13.4. The number of halogens is 2. The molecule has 204 valence electrons. The first-order valence-electron chi connectivity index (χ1n) is 12.2. The minimum absolute atomic E-state index is 0.0967. The Kier molecular flexibility index (Phi) is 7.86. The fourth-order valence-electron chi connectivity index (χ4n) is 4.49. The zero-order chi connectivity index (χ0) is 28.4. The molecule has 7 nitrogen and oxygen atoms in total. The van der Waals surface area contributed by atoms with E-state index in [0.717, 1.165) is 5.56 Å². The summed E-state index contributed by atoms with van der Waals surface area (Å²) in [6, 6.07) is 17.7. The Morgan fingerprint density at radius 1 is 1.12 bits per heavy atom. The topological polar surface area (TPSA) is 79.1 Å². The van der Waals surface area contributed by atoms with Crippen LogP contribution in [0.4, 0.5) is 4.39 Å². The lowest BCUT2D eigenvalue weighted by Crippen LogP contribution is -2.40. The maximum absolute atomic E-state index is 13.9. The molecule has 0 saturated heterocycles. The Labute approximate surface area is 238 Å². The van der Waals surface area contributed by atoms with Gasteiger partial charge in [-0.2, -0.15) is 0 Å². The second-order valence-electron chi connectivity index (χ2n) is 8.91. The molecule has 0 fully saturated rings. The summed E-state index contributed by atoms with van der Waals surface area (Å²) in [6.45, 7) is 1.80. The predicted octanol–water partition coefficient (Wildman–Crippen LogP) is 4.79. The summed E-state index contributed by atoms with van der Waals surface area (Å²) >= 11 is 7.52. The van der Waals surface area contributed by atoms with Gasteiger partial charge >= 0.3 is 5.97 Å². The molecule has 1 aliphatic heterocycles. The maximum atomic E-state index is 13.9. The molecule has 5 rings (SSSR count). The van der Waals surface area contributed by atoms with Gasteiger partial charge in [0.15, 0.2) is 4.80 Å². The molecule has 0 N–H and O–H groups in total. The highest BCUT2D eigenvalue weighted by atomic mass is 35.5. The van der Waals surface area contributed by atoms with Gasteiger partial charge in [0.1, 0.15) is 30.0 Å². The lowest BCUT2D eigenvalue weighted by Gasteiger charge is -2.25. The zero-order valence-corrected chi connectivity index (χ0v) is 23.4. The van der Waals surface area contributed by atoms with Gasteiger partial charge in [0.25, 0.3) is 5.56 Å². The fraction of sp³-hybridized carbons (Fsp3) is 0.167. The van der Waals surface area contributed by atoms with E-state index in [9.17, 15) is 14.0 Å². The largest absolute Gasteiger partial charge is 0.496 e. The van der Waals surface area contributed by atoms with E-state index >= 15 is 0 Å². The number of ether oxygens (including phenoxy) is 3. The Morgan fingerprint density at radius 2 is 1.88 bits per heavy atom. The second-order valence-corrected chi connectivity index (χ2v) is 10.4. The van der Waals surface area contributed by atoms with Crippen molar-refractivity contribution in [3.05, 3.63) is 125 Å². The summed E-state index contributed by atoms with van der Waals surface area (Å²) in [5.74, 6) is 0.0987. The number of esters is 1. The minimum Gasteiger partial charge on any atom is -0.496 e. The van der Waals surface area contributed by atoms with Crippen LogP contribution < -0.4 is 24.4 Å². The first kappa shape index (κ1) is 27.4. The van der Waals surface area contributed by atoms with Crippen molar-refractivity contribution in [2.75, 3.05) is 14.2 Å². The van der Waals surface area contributed by atoms with Gasteiger partial charge in [-0.25, -0.2) is 14.2 Å². The molecular weight excluding hydrogens is 555 g/mol. The third-order valence-corrected chi connectivity index (χ3v) is 7.66. The lowest BCUT2D eigenvalue weighted by molar-refractivity contribution is -0.136.